The van der Waals surface area contributed by atoms with Gasteiger partial charge in [-0.1, -0.05) is 54.2 Å². The van der Waals surface area contributed by atoms with Crippen molar-refractivity contribution in [2.45, 2.75) is 63.7 Å². The second kappa shape index (κ2) is 11.1. The van der Waals surface area contributed by atoms with Gasteiger partial charge in [0.05, 0.1) is 6.54 Å². The zero-order chi connectivity index (χ0) is 21.5. The minimum atomic E-state index is 0.127. The fraction of sp³-hybridized carbons (Fsp3) is 0.625. The lowest BCUT2D eigenvalue weighted by Crippen LogP contribution is -2.40. The highest BCUT2D eigenvalue weighted by atomic mass is 32.2. The number of nitrogens with zero attached hydrogens (tertiary/aromatic N) is 3. The Balaban J connectivity index is 1.15. The Labute approximate surface area is 189 Å². The van der Waals surface area contributed by atoms with Crippen LogP contribution in [-0.4, -0.2) is 51.6 Å². The first-order valence-electron chi connectivity index (χ1n) is 11.7. The van der Waals surface area contributed by atoms with Gasteiger partial charge in [-0.25, -0.2) is 0 Å². The van der Waals surface area contributed by atoms with Crippen LogP contribution in [0.5, 0.6) is 0 Å². The van der Waals surface area contributed by atoms with Crippen molar-refractivity contribution in [3.63, 3.8) is 0 Å². The third kappa shape index (κ3) is 6.56. The summed E-state index contributed by atoms with van der Waals surface area (Å²) < 4.78 is 5.46. The highest BCUT2D eigenvalue weighted by Gasteiger charge is 2.26. The summed E-state index contributed by atoms with van der Waals surface area (Å²) in [7, 11) is 0. The lowest BCUT2D eigenvalue weighted by atomic mass is 9.96. The summed E-state index contributed by atoms with van der Waals surface area (Å²) in [5.41, 5.74) is 2.18. The van der Waals surface area contributed by atoms with Crippen LogP contribution in [-0.2, 0) is 11.3 Å². The molecule has 4 rings (SSSR count). The Hall–Kier alpha value is -1.86. The lowest BCUT2D eigenvalue weighted by molar-refractivity contribution is -0.126. The Morgan fingerprint density at radius 3 is 2.61 bits per heavy atom. The summed E-state index contributed by atoms with van der Waals surface area (Å²) in [5, 5.41) is 8.09. The second-order valence-corrected chi connectivity index (χ2v) is 10.3. The average Bonchev–Trinajstić information content (AvgIpc) is 3.27. The number of hydrogen-bond acceptors (Lipinski definition) is 6. The first-order chi connectivity index (χ1) is 15.2. The van der Waals surface area contributed by atoms with Crippen molar-refractivity contribution < 1.29 is 9.32 Å². The van der Waals surface area contributed by atoms with E-state index in [-0.39, 0.29) is 11.8 Å². The third-order valence-electron chi connectivity index (χ3n) is 6.40. The van der Waals surface area contributed by atoms with Gasteiger partial charge in [0.25, 0.3) is 0 Å². The maximum Gasteiger partial charge on any atom is 0.241 e. The van der Waals surface area contributed by atoms with Crippen molar-refractivity contribution in [1.29, 1.82) is 0 Å². The van der Waals surface area contributed by atoms with Crippen molar-refractivity contribution in [3.05, 3.63) is 35.7 Å². The minimum absolute atomic E-state index is 0.127. The Morgan fingerprint density at radius 1 is 1.13 bits per heavy atom. The molecule has 168 valence electrons. The molecule has 1 amide bonds. The molecule has 0 unspecified atom stereocenters. The van der Waals surface area contributed by atoms with Gasteiger partial charge in [-0.2, -0.15) is 16.7 Å². The van der Waals surface area contributed by atoms with Gasteiger partial charge in [0, 0.05) is 29.0 Å². The molecule has 0 atom stereocenters. The van der Waals surface area contributed by atoms with Crippen molar-refractivity contribution in [2.75, 3.05) is 25.4 Å². The van der Waals surface area contributed by atoms with Gasteiger partial charge in [0.2, 0.25) is 17.6 Å². The van der Waals surface area contributed by atoms with Crippen molar-refractivity contribution in [1.82, 2.24) is 20.4 Å². The second-order valence-electron chi connectivity index (χ2n) is 8.85. The van der Waals surface area contributed by atoms with E-state index < -0.39 is 0 Å². The fourth-order valence-electron chi connectivity index (χ4n) is 4.46. The summed E-state index contributed by atoms with van der Waals surface area (Å²) in [5.74, 6) is 2.66. The van der Waals surface area contributed by atoms with E-state index in [0.29, 0.717) is 18.3 Å². The summed E-state index contributed by atoms with van der Waals surface area (Å²) in [6, 6.07) is 8.13. The molecule has 1 aliphatic heterocycles. The highest BCUT2D eigenvalue weighted by Crippen LogP contribution is 2.28. The molecule has 0 radical (unpaired) electrons. The molecule has 2 aromatic rings. The molecule has 0 bridgehead atoms. The number of rotatable bonds is 8. The van der Waals surface area contributed by atoms with E-state index in [1.54, 1.807) is 0 Å². The Bertz CT molecular complexity index is 824. The quantitative estimate of drug-likeness (QED) is 0.610. The van der Waals surface area contributed by atoms with Crippen molar-refractivity contribution >= 4 is 17.7 Å². The average molecular weight is 443 g/mol. The van der Waals surface area contributed by atoms with Gasteiger partial charge in [-0.05, 0) is 45.7 Å². The van der Waals surface area contributed by atoms with Gasteiger partial charge in [-0.3, -0.25) is 9.69 Å². The van der Waals surface area contributed by atoms with Gasteiger partial charge in [0.1, 0.15) is 0 Å². The monoisotopic (exact) mass is 442 g/mol. The molecule has 2 heterocycles. The number of carbonyl (C=O) groups is 1. The fourth-order valence-corrected chi connectivity index (χ4v) is 5.68. The van der Waals surface area contributed by atoms with Crippen LogP contribution in [0.25, 0.3) is 11.4 Å². The zero-order valence-electron chi connectivity index (χ0n) is 18.5. The highest BCUT2D eigenvalue weighted by molar-refractivity contribution is 7.99. The van der Waals surface area contributed by atoms with Crippen LogP contribution >= 0.6 is 11.8 Å². The number of amides is 1. The van der Waals surface area contributed by atoms with Crippen molar-refractivity contribution in [3.8, 4) is 11.4 Å². The predicted molar refractivity (Wildman–Crippen MR) is 125 cm³/mol. The van der Waals surface area contributed by atoms with E-state index >= 15 is 0 Å². The number of carbonyl (C=O) groups excluding carboxylic acids is 1. The van der Waals surface area contributed by atoms with E-state index in [0.717, 1.165) is 49.0 Å². The van der Waals surface area contributed by atoms with Crippen LogP contribution in [0.4, 0.5) is 0 Å². The van der Waals surface area contributed by atoms with Crippen LogP contribution in [0.3, 0.4) is 0 Å². The Kier molecular flexibility index (Phi) is 8.03. The number of benzene rings is 1. The molecule has 1 saturated carbocycles. The van der Waals surface area contributed by atoms with Gasteiger partial charge < -0.3 is 9.84 Å². The SMILES string of the molecule is Cc1ccc(-c2noc(CN3CCC(C(=O)NCCSC4CCCCC4)CC3)n2)cc1. The van der Waals surface area contributed by atoms with Crippen LogP contribution < -0.4 is 5.32 Å². The van der Waals surface area contributed by atoms with Gasteiger partial charge in [-0.15, -0.1) is 0 Å². The third-order valence-corrected chi connectivity index (χ3v) is 7.78. The number of piperidine rings is 1. The first kappa shape index (κ1) is 22.3. The normalized spacial score (nSPS) is 18.9. The zero-order valence-corrected chi connectivity index (χ0v) is 19.3. The number of thioether (sulfide) groups is 1. The summed E-state index contributed by atoms with van der Waals surface area (Å²) >= 11 is 2.04. The largest absolute Gasteiger partial charge is 0.355 e. The molecule has 1 aromatic heterocycles. The summed E-state index contributed by atoms with van der Waals surface area (Å²) in [6.45, 7) is 5.27. The summed E-state index contributed by atoms with van der Waals surface area (Å²) in [6.07, 6.45) is 8.63. The van der Waals surface area contributed by atoms with Crippen LogP contribution in [0.1, 0.15) is 56.4 Å². The number of aryl methyl sites for hydroxylation is 1. The number of likely N-dealkylation sites (tertiary alicyclic amines) is 1. The first-order valence-corrected chi connectivity index (χ1v) is 12.7. The van der Waals surface area contributed by atoms with E-state index in [1.807, 2.05) is 23.9 Å². The molecule has 6 nitrogen and oxygen atoms in total. The molecular formula is C24H34N4O2S. The minimum Gasteiger partial charge on any atom is -0.355 e. The van der Waals surface area contributed by atoms with Gasteiger partial charge in [0.15, 0.2) is 0 Å². The molecule has 2 aliphatic rings. The van der Waals surface area contributed by atoms with E-state index in [2.05, 4.69) is 39.4 Å². The number of hydrogen-bond donors (Lipinski definition) is 1. The maximum absolute atomic E-state index is 12.5. The van der Waals surface area contributed by atoms with Gasteiger partial charge >= 0.3 is 0 Å². The topological polar surface area (TPSA) is 71.3 Å². The summed E-state index contributed by atoms with van der Waals surface area (Å²) in [4.78, 5) is 19.4. The molecule has 1 saturated heterocycles. The molecule has 1 aromatic carbocycles. The van der Waals surface area contributed by atoms with E-state index in [9.17, 15) is 4.79 Å². The molecule has 2 fully saturated rings. The number of nitrogens with one attached hydrogen (secondary N) is 1. The molecule has 0 spiro atoms. The van der Waals surface area contributed by atoms with E-state index in [4.69, 9.17) is 4.52 Å². The maximum atomic E-state index is 12.5. The van der Waals surface area contributed by atoms with Crippen LogP contribution in [0.15, 0.2) is 28.8 Å². The smallest absolute Gasteiger partial charge is 0.241 e. The number of aromatic nitrogens is 2. The standard InChI is InChI=1S/C24H34N4O2S/c1-18-7-9-19(10-8-18)23-26-22(30-27-23)17-28-14-11-20(12-15-28)24(29)25-13-16-31-21-5-3-2-4-6-21/h7-10,20-21H,2-6,11-17H2,1H3,(H,25,29). The molecule has 7 heteroatoms. The van der Waals surface area contributed by atoms with E-state index in [1.165, 1.54) is 37.7 Å². The molecule has 1 N–H and O–H groups in total. The molecule has 31 heavy (non-hydrogen) atoms. The predicted octanol–water partition coefficient (Wildman–Crippen LogP) is 4.44. The van der Waals surface area contributed by atoms with Crippen LogP contribution in [0.2, 0.25) is 0 Å². The molecular weight excluding hydrogens is 408 g/mol. The van der Waals surface area contributed by atoms with Crippen LogP contribution in [0, 0.1) is 12.8 Å². The Morgan fingerprint density at radius 2 is 1.87 bits per heavy atom. The molecule has 1 aliphatic carbocycles. The van der Waals surface area contributed by atoms with Crippen molar-refractivity contribution in [2.24, 2.45) is 5.92 Å². The lowest BCUT2D eigenvalue weighted by Gasteiger charge is -2.30.